The molecular weight excluding hydrogens is 152 g/mol. The molecule has 0 atom stereocenters. The maximum absolute atomic E-state index is 9.98. The van der Waals surface area contributed by atoms with Gasteiger partial charge < -0.3 is 5.11 Å². The van der Waals surface area contributed by atoms with Gasteiger partial charge in [0.15, 0.2) is 0 Å². The molecule has 0 saturated heterocycles. The molecule has 0 aromatic carbocycles. The molecule has 0 rings (SSSR count). The lowest BCUT2D eigenvalue weighted by molar-refractivity contribution is -0.136. The van der Waals surface area contributed by atoms with Gasteiger partial charge in [0.05, 0.1) is 6.42 Å². The van der Waals surface area contributed by atoms with Gasteiger partial charge in [0, 0.05) is 11.5 Å². The molecule has 10 heavy (non-hydrogen) atoms. The van der Waals surface area contributed by atoms with Crippen LogP contribution in [0.5, 0.6) is 0 Å². The third kappa shape index (κ3) is 5.38. The van der Waals surface area contributed by atoms with Crippen LogP contribution >= 0.6 is 11.6 Å². The molecule has 0 aliphatic rings. The van der Waals surface area contributed by atoms with Crippen LogP contribution in [-0.2, 0) is 4.79 Å². The third-order valence-electron chi connectivity index (χ3n) is 0.838. The van der Waals surface area contributed by atoms with E-state index in [0.29, 0.717) is 11.5 Å². The van der Waals surface area contributed by atoms with Crippen molar-refractivity contribution < 1.29 is 9.90 Å². The van der Waals surface area contributed by atoms with E-state index in [1.54, 1.807) is 6.08 Å². The summed E-state index contributed by atoms with van der Waals surface area (Å²) >= 11 is 5.55. The lowest BCUT2D eigenvalue weighted by Crippen LogP contribution is -1.90. The molecule has 0 unspecified atom stereocenters. The van der Waals surface area contributed by atoms with Crippen LogP contribution in [0.2, 0.25) is 0 Å². The summed E-state index contributed by atoms with van der Waals surface area (Å²) in [6.07, 6.45) is 3.60. The van der Waals surface area contributed by atoms with Crippen molar-refractivity contribution in [1.82, 2.24) is 0 Å². The molecule has 2 nitrogen and oxygen atoms in total. The molecule has 0 amide bonds. The highest BCUT2D eigenvalue weighted by molar-refractivity contribution is 6.29. The zero-order chi connectivity index (χ0) is 7.98. The normalized spacial score (nSPS) is 11.1. The van der Waals surface area contributed by atoms with Crippen molar-refractivity contribution in [3.8, 4) is 0 Å². The summed E-state index contributed by atoms with van der Waals surface area (Å²) in [4.78, 5) is 9.98. The Kier molecular flexibility index (Phi) is 4.67. The van der Waals surface area contributed by atoms with Gasteiger partial charge in [-0.3, -0.25) is 4.79 Å². The number of carboxylic acids is 1. The van der Waals surface area contributed by atoms with Gasteiger partial charge in [0.1, 0.15) is 0 Å². The third-order valence-corrected chi connectivity index (χ3v) is 1.15. The van der Waals surface area contributed by atoms with Gasteiger partial charge in [-0.05, 0) is 0 Å². The first-order valence-corrected chi connectivity index (χ1v) is 3.22. The molecule has 0 aliphatic heterocycles. The Morgan fingerprint density at radius 3 is 2.60 bits per heavy atom. The first-order valence-electron chi connectivity index (χ1n) is 2.84. The van der Waals surface area contributed by atoms with E-state index in [2.05, 4.69) is 6.58 Å². The van der Waals surface area contributed by atoms with Gasteiger partial charge in [0.25, 0.3) is 0 Å². The second-order valence-electron chi connectivity index (χ2n) is 1.74. The summed E-state index contributed by atoms with van der Waals surface area (Å²) in [6, 6.07) is 0. The second-order valence-corrected chi connectivity index (χ2v) is 2.23. The SMILES string of the molecule is C=CC/C(Cl)=C\CC(=O)O. The average Bonchev–Trinajstić information content (AvgIpc) is 1.85. The Labute approximate surface area is 64.8 Å². The molecular formula is C7H9ClO2. The van der Waals surface area contributed by atoms with Crippen molar-refractivity contribution in [2.75, 3.05) is 0 Å². The number of hydrogen-bond donors (Lipinski definition) is 1. The van der Waals surface area contributed by atoms with Gasteiger partial charge >= 0.3 is 5.97 Å². The number of aliphatic carboxylic acids is 1. The largest absolute Gasteiger partial charge is 0.481 e. The van der Waals surface area contributed by atoms with Crippen molar-refractivity contribution >= 4 is 17.6 Å². The fraction of sp³-hybridized carbons (Fsp3) is 0.286. The van der Waals surface area contributed by atoms with Gasteiger partial charge in [0.2, 0.25) is 0 Å². The average molecular weight is 161 g/mol. The van der Waals surface area contributed by atoms with E-state index in [9.17, 15) is 4.79 Å². The van der Waals surface area contributed by atoms with Crippen molar-refractivity contribution in [2.24, 2.45) is 0 Å². The minimum atomic E-state index is -0.873. The van der Waals surface area contributed by atoms with Crippen LogP contribution in [0.1, 0.15) is 12.8 Å². The molecule has 0 heterocycles. The fourth-order valence-corrected chi connectivity index (χ4v) is 0.606. The highest BCUT2D eigenvalue weighted by Crippen LogP contribution is 2.07. The first kappa shape index (κ1) is 9.24. The van der Waals surface area contributed by atoms with Crippen molar-refractivity contribution in [1.29, 1.82) is 0 Å². The standard InChI is InChI=1S/C7H9ClO2/c1-2-3-6(8)4-5-7(9)10/h2,4H,1,3,5H2,(H,9,10)/b6-4+. The number of carboxylic acid groups (broad SMARTS) is 1. The van der Waals surface area contributed by atoms with Gasteiger partial charge in [-0.1, -0.05) is 23.8 Å². The van der Waals surface area contributed by atoms with Crippen molar-refractivity contribution in [2.45, 2.75) is 12.8 Å². The molecule has 0 aromatic rings. The molecule has 0 aromatic heterocycles. The van der Waals surface area contributed by atoms with Crippen LogP contribution in [0.15, 0.2) is 23.8 Å². The predicted octanol–water partition coefficient (Wildman–Crippen LogP) is 2.16. The number of allylic oxidation sites excluding steroid dienone is 2. The van der Waals surface area contributed by atoms with Crippen LogP contribution in [0.3, 0.4) is 0 Å². The number of halogens is 1. The van der Waals surface area contributed by atoms with Crippen LogP contribution in [0.25, 0.3) is 0 Å². The Balaban J connectivity index is 3.67. The molecule has 0 fully saturated rings. The van der Waals surface area contributed by atoms with Crippen molar-refractivity contribution in [3.05, 3.63) is 23.8 Å². The highest BCUT2D eigenvalue weighted by atomic mass is 35.5. The summed E-state index contributed by atoms with van der Waals surface area (Å²) in [6.45, 7) is 3.46. The van der Waals surface area contributed by atoms with Crippen molar-refractivity contribution in [3.63, 3.8) is 0 Å². The summed E-state index contributed by atoms with van der Waals surface area (Å²) in [5, 5.41) is 8.73. The maximum atomic E-state index is 9.98. The fourth-order valence-electron chi connectivity index (χ4n) is 0.419. The van der Waals surface area contributed by atoms with Gasteiger partial charge in [-0.25, -0.2) is 0 Å². The van der Waals surface area contributed by atoms with Crippen LogP contribution in [-0.4, -0.2) is 11.1 Å². The summed E-state index contributed by atoms with van der Waals surface area (Å²) in [7, 11) is 0. The molecule has 0 aliphatic carbocycles. The van der Waals surface area contributed by atoms with Gasteiger partial charge in [-0.15, -0.1) is 6.58 Å². The molecule has 0 spiro atoms. The lowest BCUT2D eigenvalue weighted by atomic mass is 10.3. The van der Waals surface area contributed by atoms with E-state index in [1.807, 2.05) is 0 Å². The molecule has 0 radical (unpaired) electrons. The summed E-state index contributed by atoms with van der Waals surface area (Å²) < 4.78 is 0. The van der Waals surface area contributed by atoms with E-state index >= 15 is 0 Å². The molecule has 1 N–H and O–H groups in total. The topological polar surface area (TPSA) is 37.3 Å². The van der Waals surface area contributed by atoms with Crippen LogP contribution in [0, 0.1) is 0 Å². The highest BCUT2D eigenvalue weighted by Gasteiger charge is 1.92. The van der Waals surface area contributed by atoms with E-state index in [0.717, 1.165) is 0 Å². The molecule has 0 saturated carbocycles. The Morgan fingerprint density at radius 2 is 2.20 bits per heavy atom. The minimum absolute atomic E-state index is 0.0212. The first-order chi connectivity index (χ1) is 4.66. The van der Waals surface area contributed by atoms with E-state index < -0.39 is 5.97 Å². The Hall–Kier alpha value is -0.760. The quantitative estimate of drug-likeness (QED) is 0.640. The molecule has 56 valence electrons. The smallest absolute Gasteiger partial charge is 0.307 e. The zero-order valence-corrected chi connectivity index (χ0v) is 6.27. The second kappa shape index (κ2) is 5.06. The number of hydrogen-bond acceptors (Lipinski definition) is 1. The Bertz CT molecular complexity index is 161. The van der Waals surface area contributed by atoms with Gasteiger partial charge in [-0.2, -0.15) is 0 Å². The summed E-state index contributed by atoms with van der Waals surface area (Å²) in [5.74, 6) is -0.873. The lowest BCUT2D eigenvalue weighted by Gasteiger charge is -1.89. The number of rotatable bonds is 4. The molecule has 0 bridgehead atoms. The minimum Gasteiger partial charge on any atom is -0.481 e. The Morgan fingerprint density at radius 1 is 1.60 bits per heavy atom. The number of carbonyl (C=O) groups is 1. The zero-order valence-electron chi connectivity index (χ0n) is 5.51. The summed E-state index contributed by atoms with van der Waals surface area (Å²) in [5.41, 5.74) is 0. The monoisotopic (exact) mass is 160 g/mol. The van der Waals surface area contributed by atoms with E-state index in [1.165, 1.54) is 6.08 Å². The van der Waals surface area contributed by atoms with E-state index in [4.69, 9.17) is 16.7 Å². The van der Waals surface area contributed by atoms with Crippen LogP contribution < -0.4 is 0 Å². The maximum Gasteiger partial charge on any atom is 0.307 e. The predicted molar refractivity (Wildman–Crippen MR) is 41.0 cm³/mol. The van der Waals surface area contributed by atoms with E-state index in [-0.39, 0.29) is 6.42 Å². The molecule has 3 heteroatoms. The van der Waals surface area contributed by atoms with Crippen LogP contribution in [0.4, 0.5) is 0 Å².